The van der Waals surface area contributed by atoms with Crippen LogP contribution in [0.15, 0.2) is 23.1 Å². The largest absolute Gasteiger partial charge is 0.495 e. The summed E-state index contributed by atoms with van der Waals surface area (Å²) in [6, 6.07) is 5.93. The van der Waals surface area contributed by atoms with Crippen LogP contribution in [-0.4, -0.2) is 41.3 Å². The van der Waals surface area contributed by atoms with Gasteiger partial charge in [0.15, 0.2) is 5.13 Å². The number of hydrogen-bond donors (Lipinski definition) is 3. The number of hydrogen-bond acceptors (Lipinski definition) is 6. The van der Waals surface area contributed by atoms with E-state index in [1.807, 2.05) is 25.1 Å². The topological polar surface area (TPSA) is 92.3 Å². The summed E-state index contributed by atoms with van der Waals surface area (Å²) in [5, 5.41) is 6.92. The number of amides is 1. The number of carbonyl (C=O) groups excluding carboxylic acids is 1. The van der Waals surface area contributed by atoms with E-state index in [-0.39, 0.29) is 11.9 Å². The molecule has 1 atom stereocenters. The standard InChI is InChI=1S/C23H32N4O3S2/c1-15-22(31-23(25-15)26-21(28)13-16-5-3-4-6-16)17-7-8-19(30-2)20(14-17)32(29)27-18-9-11-24-12-10-18/h7-8,14,16,18,24,27H,3-6,9-13H2,1-2H3,(H,25,26,28). The molecule has 174 valence electrons. The molecule has 2 heterocycles. The van der Waals surface area contributed by atoms with Crippen molar-refractivity contribution in [2.24, 2.45) is 5.92 Å². The quantitative estimate of drug-likeness (QED) is 0.535. The molecule has 1 amide bonds. The second-order valence-electron chi connectivity index (χ2n) is 8.61. The molecule has 7 nitrogen and oxygen atoms in total. The fourth-order valence-electron chi connectivity index (χ4n) is 4.48. The van der Waals surface area contributed by atoms with Gasteiger partial charge in [0.2, 0.25) is 5.91 Å². The van der Waals surface area contributed by atoms with E-state index < -0.39 is 11.0 Å². The molecule has 1 unspecified atom stereocenters. The maximum atomic E-state index is 13.1. The lowest BCUT2D eigenvalue weighted by molar-refractivity contribution is -0.117. The van der Waals surface area contributed by atoms with Gasteiger partial charge >= 0.3 is 0 Å². The summed E-state index contributed by atoms with van der Waals surface area (Å²) in [7, 11) is 0.217. The Balaban J connectivity index is 1.49. The summed E-state index contributed by atoms with van der Waals surface area (Å²) < 4.78 is 21.8. The lowest BCUT2D eigenvalue weighted by Gasteiger charge is -2.23. The molecule has 3 N–H and O–H groups in total. The van der Waals surface area contributed by atoms with Crippen LogP contribution in [0.2, 0.25) is 0 Å². The Morgan fingerprint density at radius 2 is 2.00 bits per heavy atom. The van der Waals surface area contributed by atoms with Crippen LogP contribution in [0.3, 0.4) is 0 Å². The van der Waals surface area contributed by atoms with Gasteiger partial charge in [-0.15, -0.1) is 0 Å². The average molecular weight is 477 g/mol. The van der Waals surface area contributed by atoms with E-state index in [4.69, 9.17) is 4.74 Å². The number of aryl methyl sites for hydroxylation is 1. The van der Waals surface area contributed by atoms with Crippen LogP contribution < -0.4 is 20.1 Å². The molecule has 0 spiro atoms. The molecule has 32 heavy (non-hydrogen) atoms. The molecule has 1 aromatic heterocycles. The lowest BCUT2D eigenvalue weighted by atomic mass is 10.0. The Hall–Kier alpha value is -1.81. The van der Waals surface area contributed by atoms with Gasteiger partial charge in [-0.05, 0) is 75.4 Å². The molecule has 2 aromatic rings. The molecule has 1 aliphatic carbocycles. The van der Waals surface area contributed by atoms with Crippen molar-refractivity contribution < 1.29 is 13.7 Å². The first-order valence-corrected chi connectivity index (χ1v) is 13.3. The van der Waals surface area contributed by atoms with Crippen molar-refractivity contribution >= 4 is 33.4 Å². The smallest absolute Gasteiger partial charge is 0.226 e. The molecule has 9 heteroatoms. The summed E-state index contributed by atoms with van der Waals surface area (Å²) in [4.78, 5) is 18.6. The Labute approximate surface area is 196 Å². The van der Waals surface area contributed by atoms with E-state index in [0.29, 0.717) is 28.1 Å². The third kappa shape index (κ3) is 5.75. The minimum atomic E-state index is -1.38. The van der Waals surface area contributed by atoms with E-state index in [0.717, 1.165) is 54.9 Å². The zero-order chi connectivity index (χ0) is 22.5. The molecule has 4 rings (SSSR count). The van der Waals surface area contributed by atoms with E-state index in [1.165, 1.54) is 24.2 Å². The van der Waals surface area contributed by atoms with Gasteiger partial charge in [0.1, 0.15) is 16.7 Å². The molecule has 0 bridgehead atoms. The van der Waals surface area contributed by atoms with Gasteiger partial charge in [-0.25, -0.2) is 13.9 Å². The molecule has 1 aliphatic heterocycles. The molecule has 2 fully saturated rings. The van der Waals surface area contributed by atoms with Crippen molar-refractivity contribution in [2.75, 3.05) is 25.5 Å². The zero-order valence-corrected chi connectivity index (χ0v) is 20.4. The number of thiazole rings is 1. The number of aromatic nitrogens is 1. The highest BCUT2D eigenvalue weighted by molar-refractivity contribution is 7.83. The average Bonchev–Trinajstić information content (AvgIpc) is 3.43. The zero-order valence-electron chi connectivity index (χ0n) is 18.7. The first-order chi connectivity index (χ1) is 15.5. The molecular formula is C23H32N4O3S2. The predicted octanol–water partition coefficient (Wildman–Crippen LogP) is 4.01. The van der Waals surface area contributed by atoms with Gasteiger partial charge in [-0.3, -0.25) is 4.79 Å². The fraction of sp³-hybridized carbons (Fsp3) is 0.565. The van der Waals surface area contributed by atoms with Gasteiger partial charge in [0, 0.05) is 12.5 Å². The Morgan fingerprint density at radius 3 is 2.72 bits per heavy atom. The first-order valence-electron chi connectivity index (χ1n) is 11.4. The number of rotatable bonds is 8. The highest BCUT2D eigenvalue weighted by Crippen LogP contribution is 2.36. The fourth-order valence-corrected chi connectivity index (χ4v) is 6.69. The SMILES string of the molecule is COc1ccc(-c2sc(NC(=O)CC3CCCC3)nc2C)cc1S(=O)NC1CCNCC1. The summed E-state index contributed by atoms with van der Waals surface area (Å²) in [6.07, 6.45) is 7.22. The van der Waals surface area contributed by atoms with E-state index in [9.17, 15) is 9.00 Å². The second-order valence-corrected chi connectivity index (χ2v) is 10.8. The summed E-state index contributed by atoms with van der Waals surface area (Å²) in [6.45, 7) is 3.80. The highest BCUT2D eigenvalue weighted by atomic mass is 32.2. The molecule has 1 saturated carbocycles. The van der Waals surface area contributed by atoms with E-state index in [1.54, 1.807) is 7.11 Å². The molecule has 1 aromatic carbocycles. The van der Waals surface area contributed by atoms with Crippen molar-refractivity contribution in [1.82, 2.24) is 15.0 Å². The van der Waals surface area contributed by atoms with Gasteiger partial charge in [-0.1, -0.05) is 24.2 Å². The number of carbonyl (C=O) groups is 1. The maximum absolute atomic E-state index is 13.1. The number of nitrogens with one attached hydrogen (secondary N) is 3. The molecular weight excluding hydrogens is 444 g/mol. The Morgan fingerprint density at radius 1 is 1.25 bits per heavy atom. The third-order valence-electron chi connectivity index (χ3n) is 6.23. The normalized spacial score (nSPS) is 18.6. The monoisotopic (exact) mass is 476 g/mol. The Bertz CT molecular complexity index is 966. The van der Waals surface area contributed by atoms with Crippen molar-refractivity contribution in [2.45, 2.75) is 62.8 Å². The minimum Gasteiger partial charge on any atom is -0.495 e. The van der Waals surface area contributed by atoms with Crippen LogP contribution in [0.1, 0.15) is 50.6 Å². The van der Waals surface area contributed by atoms with Crippen molar-refractivity contribution in [3.63, 3.8) is 0 Å². The molecule has 2 aliphatic rings. The summed E-state index contributed by atoms with van der Waals surface area (Å²) in [5.41, 5.74) is 1.77. The predicted molar refractivity (Wildman–Crippen MR) is 129 cm³/mol. The van der Waals surface area contributed by atoms with Gasteiger partial charge in [-0.2, -0.15) is 0 Å². The second kappa shape index (κ2) is 10.9. The van der Waals surface area contributed by atoms with E-state index >= 15 is 0 Å². The van der Waals surface area contributed by atoms with Gasteiger partial charge < -0.3 is 15.4 Å². The number of ether oxygens (including phenoxy) is 1. The number of nitrogens with zero attached hydrogens (tertiary/aromatic N) is 1. The summed E-state index contributed by atoms with van der Waals surface area (Å²) in [5.74, 6) is 1.14. The van der Waals surface area contributed by atoms with Gasteiger partial charge in [0.25, 0.3) is 0 Å². The van der Waals surface area contributed by atoms with Crippen LogP contribution in [0.4, 0.5) is 5.13 Å². The van der Waals surface area contributed by atoms with Crippen LogP contribution in [0, 0.1) is 12.8 Å². The number of benzene rings is 1. The Kier molecular flexibility index (Phi) is 7.93. The van der Waals surface area contributed by atoms with Crippen LogP contribution in [0.5, 0.6) is 5.75 Å². The maximum Gasteiger partial charge on any atom is 0.226 e. The van der Waals surface area contributed by atoms with Crippen molar-refractivity contribution in [3.05, 3.63) is 23.9 Å². The summed E-state index contributed by atoms with van der Waals surface area (Å²) >= 11 is 1.46. The number of anilines is 1. The van der Waals surface area contributed by atoms with Crippen LogP contribution in [0.25, 0.3) is 10.4 Å². The third-order valence-corrected chi connectivity index (χ3v) is 8.62. The van der Waals surface area contributed by atoms with Crippen molar-refractivity contribution in [3.8, 4) is 16.2 Å². The van der Waals surface area contributed by atoms with Gasteiger partial charge in [0.05, 0.1) is 22.6 Å². The molecule has 1 saturated heterocycles. The number of piperidine rings is 1. The number of methoxy groups -OCH3 is 1. The first kappa shape index (κ1) is 23.4. The highest BCUT2D eigenvalue weighted by Gasteiger charge is 2.22. The van der Waals surface area contributed by atoms with Crippen LogP contribution in [-0.2, 0) is 15.8 Å². The molecule has 0 radical (unpaired) electrons. The van der Waals surface area contributed by atoms with E-state index in [2.05, 4.69) is 20.3 Å². The van der Waals surface area contributed by atoms with Crippen LogP contribution >= 0.6 is 11.3 Å². The minimum absolute atomic E-state index is 0.0416. The lowest BCUT2D eigenvalue weighted by Crippen LogP contribution is -2.40. The van der Waals surface area contributed by atoms with Crippen molar-refractivity contribution in [1.29, 1.82) is 0 Å².